The van der Waals surface area contributed by atoms with Crippen LogP contribution in [0.1, 0.15) is 54.6 Å². The van der Waals surface area contributed by atoms with E-state index >= 15 is 0 Å². The van der Waals surface area contributed by atoms with Crippen molar-refractivity contribution in [3.05, 3.63) is 34.6 Å². The molecule has 0 aliphatic heterocycles. The molecule has 0 bridgehead atoms. The second kappa shape index (κ2) is 8.71. The molecule has 1 aliphatic carbocycles. The maximum Gasteiger partial charge on any atom is 0.234 e. The molecule has 0 saturated heterocycles. The number of H-pyrrole nitrogens is 1. The fourth-order valence-electron chi connectivity index (χ4n) is 3.78. The SMILES string of the molecule is Cc1cc(C)c(NC(=O)CSc2n[nH]c(CCC3CCCC3)n2)c(C)c1. The van der Waals surface area contributed by atoms with E-state index in [1.165, 1.54) is 49.4 Å². The van der Waals surface area contributed by atoms with Gasteiger partial charge in [-0.15, -0.1) is 5.10 Å². The summed E-state index contributed by atoms with van der Waals surface area (Å²) in [4.78, 5) is 16.8. The monoisotopic (exact) mass is 372 g/mol. The lowest BCUT2D eigenvalue weighted by molar-refractivity contribution is -0.113. The number of carbonyl (C=O) groups excluding carboxylic acids is 1. The van der Waals surface area contributed by atoms with Crippen molar-refractivity contribution in [3.63, 3.8) is 0 Å². The van der Waals surface area contributed by atoms with Gasteiger partial charge in [0.25, 0.3) is 0 Å². The highest BCUT2D eigenvalue weighted by atomic mass is 32.2. The highest BCUT2D eigenvalue weighted by Crippen LogP contribution is 2.28. The van der Waals surface area contributed by atoms with Gasteiger partial charge < -0.3 is 5.32 Å². The van der Waals surface area contributed by atoms with Gasteiger partial charge >= 0.3 is 0 Å². The second-order valence-electron chi connectivity index (χ2n) is 7.36. The van der Waals surface area contributed by atoms with Gasteiger partial charge in [0.1, 0.15) is 5.82 Å². The summed E-state index contributed by atoms with van der Waals surface area (Å²) in [5.74, 6) is 2.07. The molecular weight excluding hydrogens is 344 g/mol. The van der Waals surface area contributed by atoms with Crippen molar-refractivity contribution in [2.45, 2.75) is 64.5 Å². The lowest BCUT2D eigenvalue weighted by Crippen LogP contribution is -2.16. The van der Waals surface area contributed by atoms with Crippen LogP contribution in [-0.2, 0) is 11.2 Å². The number of anilines is 1. The van der Waals surface area contributed by atoms with Crippen LogP contribution in [0.3, 0.4) is 0 Å². The molecule has 1 aromatic heterocycles. The minimum Gasteiger partial charge on any atom is -0.325 e. The van der Waals surface area contributed by atoms with E-state index in [-0.39, 0.29) is 5.91 Å². The first-order chi connectivity index (χ1) is 12.5. The Morgan fingerprint density at radius 1 is 1.23 bits per heavy atom. The number of rotatable bonds is 7. The summed E-state index contributed by atoms with van der Waals surface area (Å²) in [5, 5.41) is 10.9. The summed E-state index contributed by atoms with van der Waals surface area (Å²) >= 11 is 1.38. The van der Waals surface area contributed by atoms with E-state index in [1.54, 1.807) is 0 Å². The third-order valence-electron chi connectivity index (χ3n) is 5.05. The van der Waals surface area contributed by atoms with Crippen molar-refractivity contribution >= 4 is 23.4 Å². The zero-order valence-corrected chi connectivity index (χ0v) is 16.7. The van der Waals surface area contributed by atoms with Crippen molar-refractivity contribution in [2.24, 2.45) is 5.92 Å². The van der Waals surface area contributed by atoms with E-state index in [9.17, 15) is 4.79 Å². The van der Waals surface area contributed by atoms with Crippen LogP contribution in [0.5, 0.6) is 0 Å². The third kappa shape index (κ3) is 5.10. The van der Waals surface area contributed by atoms with Crippen LogP contribution < -0.4 is 5.32 Å². The highest BCUT2D eigenvalue weighted by molar-refractivity contribution is 7.99. The van der Waals surface area contributed by atoms with E-state index in [2.05, 4.69) is 39.6 Å². The average Bonchev–Trinajstić information content (AvgIpc) is 3.25. The molecule has 2 N–H and O–H groups in total. The molecule has 0 spiro atoms. The lowest BCUT2D eigenvalue weighted by atomic mass is 10.0. The molecular formula is C20H28N4OS. The average molecular weight is 373 g/mol. The van der Waals surface area contributed by atoms with Crippen molar-refractivity contribution < 1.29 is 4.79 Å². The Kier molecular flexibility index (Phi) is 6.35. The molecule has 1 fully saturated rings. The van der Waals surface area contributed by atoms with E-state index < -0.39 is 0 Å². The number of nitrogens with one attached hydrogen (secondary N) is 2. The Morgan fingerprint density at radius 3 is 2.62 bits per heavy atom. The van der Waals surface area contributed by atoms with Crippen molar-refractivity contribution in [1.29, 1.82) is 0 Å². The molecule has 0 atom stereocenters. The summed E-state index contributed by atoms with van der Waals surface area (Å²) in [7, 11) is 0. The highest BCUT2D eigenvalue weighted by Gasteiger charge is 2.16. The third-order valence-corrected chi connectivity index (χ3v) is 5.90. The first-order valence-corrected chi connectivity index (χ1v) is 10.4. The van der Waals surface area contributed by atoms with Crippen molar-refractivity contribution in [3.8, 4) is 0 Å². The predicted molar refractivity (Wildman–Crippen MR) is 107 cm³/mol. The number of amides is 1. The number of aromatic nitrogens is 3. The molecule has 1 aromatic carbocycles. The van der Waals surface area contributed by atoms with E-state index in [1.807, 2.05) is 13.8 Å². The Balaban J connectivity index is 1.47. The summed E-state index contributed by atoms with van der Waals surface area (Å²) in [6.45, 7) is 6.11. The summed E-state index contributed by atoms with van der Waals surface area (Å²) in [5.41, 5.74) is 4.30. The number of aryl methyl sites for hydroxylation is 4. The number of hydrogen-bond acceptors (Lipinski definition) is 4. The van der Waals surface area contributed by atoms with E-state index in [0.29, 0.717) is 10.9 Å². The van der Waals surface area contributed by atoms with Crippen LogP contribution >= 0.6 is 11.8 Å². The summed E-state index contributed by atoms with van der Waals surface area (Å²) in [6.07, 6.45) is 7.59. The van der Waals surface area contributed by atoms with Crippen LogP contribution in [-0.4, -0.2) is 26.8 Å². The smallest absolute Gasteiger partial charge is 0.234 e. The van der Waals surface area contributed by atoms with E-state index in [4.69, 9.17) is 0 Å². The molecule has 26 heavy (non-hydrogen) atoms. The van der Waals surface area contributed by atoms with Gasteiger partial charge in [0.15, 0.2) is 0 Å². The Labute approximate surface area is 159 Å². The van der Waals surface area contributed by atoms with Gasteiger partial charge in [0, 0.05) is 12.1 Å². The molecule has 140 valence electrons. The Morgan fingerprint density at radius 2 is 1.92 bits per heavy atom. The van der Waals surface area contributed by atoms with Crippen molar-refractivity contribution in [1.82, 2.24) is 15.2 Å². The van der Waals surface area contributed by atoms with Crippen LogP contribution in [0.4, 0.5) is 5.69 Å². The van der Waals surface area contributed by atoms with Gasteiger partial charge in [0.2, 0.25) is 11.1 Å². The topological polar surface area (TPSA) is 70.7 Å². The van der Waals surface area contributed by atoms with Gasteiger partial charge in [-0.1, -0.05) is 55.1 Å². The fourth-order valence-corrected chi connectivity index (χ4v) is 4.39. The second-order valence-corrected chi connectivity index (χ2v) is 8.31. The maximum atomic E-state index is 12.3. The van der Waals surface area contributed by atoms with Gasteiger partial charge in [-0.05, 0) is 44.2 Å². The molecule has 2 aromatic rings. The molecule has 1 heterocycles. The van der Waals surface area contributed by atoms with Gasteiger partial charge in [-0.2, -0.15) is 0 Å². The lowest BCUT2D eigenvalue weighted by Gasteiger charge is -2.12. The fraction of sp³-hybridized carbons (Fsp3) is 0.550. The van der Waals surface area contributed by atoms with Crippen LogP contribution in [0, 0.1) is 26.7 Å². The van der Waals surface area contributed by atoms with Crippen LogP contribution in [0.15, 0.2) is 17.3 Å². The number of carbonyl (C=O) groups is 1. The molecule has 1 amide bonds. The summed E-state index contributed by atoms with van der Waals surface area (Å²) < 4.78 is 0. The van der Waals surface area contributed by atoms with E-state index in [0.717, 1.165) is 35.0 Å². The molecule has 0 radical (unpaired) electrons. The molecule has 3 rings (SSSR count). The Hall–Kier alpha value is -1.82. The zero-order valence-electron chi connectivity index (χ0n) is 15.9. The predicted octanol–water partition coefficient (Wildman–Crippen LogP) is 4.58. The number of hydrogen-bond donors (Lipinski definition) is 2. The zero-order chi connectivity index (χ0) is 18.5. The molecule has 0 unspecified atom stereocenters. The van der Waals surface area contributed by atoms with Gasteiger partial charge in [0.05, 0.1) is 5.75 Å². The first-order valence-electron chi connectivity index (χ1n) is 9.43. The number of thioether (sulfide) groups is 1. The quantitative estimate of drug-likeness (QED) is 0.698. The van der Waals surface area contributed by atoms with Crippen molar-refractivity contribution in [2.75, 3.05) is 11.1 Å². The van der Waals surface area contributed by atoms with Crippen LogP contribution in [0.25, 0.3) is 0 Å². The standard InChI is InChI=1S/C20H28N4OS/c1-13-10-14(2)19(15(3)11-13)22-18(25)12-26-20-21-17(23-24-20)9-8-16-6-4-5-7-16/h10-11,16H,4-9,12H2,1-3H3,(H,22,25)(H,21,23,24). The van der Waals surface area contributed by atoms with Gasteiger partial charge in [-0.3, -0.25) is 9.89 Å². The molecule has 1 saturated carbocycles. The number of aromatic amines is 1. The maximum absolute atomic E-state index is 12.3. The largest absolute Gasteiger partial charge is 0.325 e. The molecule has 5 nitrogen and oxygen atoms in total. The molecule has 6 heteroatoms. The molecule has 1 aliphatic rings. The van der Waals surface area contributed by atoms with Gasteiger partial charge in [-0.25, -0.2) is 4.98 Å². The Bertz CT molecular complexity index is 742. The summed E-state index contributed by atoms with van der Waals surface area (Å²) in [6, 6.07) is 4.17. The number of nitrogens with zero attached hydrogens (tertiary/aromatic N) is 2. The first kappa shape index (κ1) is 19.0. The minimum absolute atomic E-state index is 0.0256. The normalized spacial score (nSPS) is 14.7. The minimum atomic E-state index is -0.0256. The number of benzene rings is 1. The van der Waals surface area contributed by atoms with Crippen LogP contribution in [0.2, 0.25) is 0 Å².